The van der Waals surface area contributed by atoms with Gasteiger partial charge in [0.1, 0.15) is 5.82 Å². The predicted molar refractivity (Wildman–Crippen MR) is 82.6 cm³/mol. The Labute approximate surface area is 123 Å². The lowest BCUT2D eigenvalue weighted by atomic mass is 10.0. The van der Waals surface area contributed by atoms with E-state index in [0.717, 1.165) is 37.6 Å². The first-order valence-corrected chi connectivity index (χ1v) is 7.58. The molecule has 2 aromatic rings. The highest BCUT2D eigenvalue weighted by Gasteiger charge is 2.18. The molecule has 0 bridgehead atoms. The number of hydrogen-bond acceptors (Lipinski definition) is 2. The quantitative estimate of drug-likeness (QED) is 0.820. The van der Waals surface area contributed by atoms with Crippen LogP contribution in [-0.2, 0) is 0 Å². The highest BCUT2D eigenvalue weighted by molar-refractivity contribution is 6.31. The second-order valence-corrected chi connectivity index (χ2v) is 5.59. The molecule has 2 rings (SSSR count). The number of aromatic nitrogens is 2. The maximum Gasteiger partial charge on any atom is 0.201 e. The SMILES string of the molecule is CCCCC(CCC)n1c(N)nc2cc(Cl)c(F)cc21. The first kappa shape index (κ1) is 15.1. The number of nitrogens with two attached hydrogens (primary N) is 1. The largest absolute Gasteiger partial charge is 0.369 e. The zero-order chi connectivity index (χ0) is 14.7. The molecule has 0 aliphatic heterocycles. The molecule has 0 saturated carbocycles. The van der Waals surface area contributed by atoms with Gasteiger partial charge in [-0.15, -0.1) is 0 Å². The number of nitrogens with zero attached hydrogens (tertiary/aromatic N) is 2. The average molecular weight is 298 g/mol. The number of imidazole rings is 1. The van der Waals surface area contributed by atoms with E-state index in [1.54, 1.807) is 6.07 Å². The summed E-state index contributed by atoms with van der Waals surface area (Å²) in [7, 11) is 0. The van der Waals surface area contributed by atoms with Gasteiger partial charge in [-0.3, -0.25) is 0 Å². The van der Waals surface area contributed by atoms with Crippen molar-refractivity contribution in [3.05, 3.63) is 23.0 Å². The molecule has 3 nitrogen and oxygen atoms in total. The van der Waals surface area contributed by atoms with Crippen LogP contribution in [0, 0.1) is 5.82 Å². The topological polar surface area (TPSA) is 43.8 Å². The van der Waals surface area contributed by atoms with Crippen molar-refractivity contribution in [3.8, 4) is 0 Å². The van der Waals surface area contributed by atoms with Crippen molar-refractivity contribution in [2.75, 3.05) is 5.73 Å². The number of unbranched alkanes of at least 4 members (excludes halogenated alkanes) is 1. The summed E-state index contributed by atoms with van der Waals surface area (Å²) in [5.41, 5.74) is 7.44. The minimum atomic E-state index is -0.425. The second kappa shape index (κ2) is 6.44. The Morgan fingerprint density at radius 1 is 1.30 bits per heavy atom. The fourth-order valence-corrected chi connectivity index (χ4v) is 2.83. The van der Waals surface area contributed by atoms with E-state index in [2.05, 4.69) is 18.8 Å². The number of hydrogen-bond donors (Lipinski definition) is 1. The number of rotatable bonds is 6. The van der Waals surface area contributed by atoms with E-state index in [0.29, 0.717) is 11.5 Å². The molecule has 20 heavy (non-hydrogen) atoms. The summed E-state index contributed by atoms with van der Waals surface area (Å²) in [5.74, 6) is 0.0160. The molecule has 2 N–H and O–H groups in total. The van der Waals surface area contributed by atoms with Crippen molar-refractivity contribution in [3.63, 3.8) is 0 Å². The number of benzene rings is 1. The van der Waals surface area contributed by atoms with Crippen molar-refractivity contribution in [2.45, 2.75) is 52.0 Å². The molecule has 0 radical (unpaired) electrons. The summed E-state index contributed by atoms with van der Waals surface area (Å²) < 4.78 is 15.7. The molecule has 1 atom stereocenters. The Morgan fingerprint density at radius 2 is 2.05 bits per heavy atom. The van der Waals surface area contributed by atoms with Crippen LogP contribution in [-0.4, -0.2) is 9.55 Å². The van der Waals surface area contributed by atoms with E-state index in [9.17, 15) is 4.39 Å². The number of fused-ring (bicyclic) bond motifs is 1. The molecule has 1 unspecified atom stereocenters. The van der Waals surface area contributed by atoms with Crippen LogP contribution in [0.4, 0.5) is 10.3 Å². The fraction of sp³-hybridized carbons (Fsp3) is 0.533. The van der Waals surface area contributed by atoms with Gasteiger partial charge in [-0.2, -0.15) is 0 Å². The maximum atomic E-state index is 13.7. The van der Waals surface area contributed by atoms with E-state index in [-0.39, 0.29) is 11.1 Å². The van der Waals surface area contributed by atoms with Crippen LogP contribution in [0.1, 0.15) is 52.0 Å². The van der Waals surface area contributed by atoms with Gasteiger partial charge < -0.3 is 10.3 Å². The molecular formula is C15H21ClFN3. The van der Waals surface area contributed by atoms with Gasteiger partial charge in [0.05, 0.1) is 16.1 Å². The molecule has 1 aromatic heterocycles. The Hall–Kier alpha value is -1.29. The van der Waals surface area contributed by atoms with Crippen molar-refractivity contribution in [1.82, 2.24) is 9.55 Å². The number of halogens is 2. The summed E-state index contributed by atoms with van der Waals surface area (Å²) in [6, 6.07) is 3.25. The van der Waals surface area contributed by atoms with E-state index >= 15 is 0 Å². The molecule has 110 valence electrons. The Morgan fingerprint density at radius 3 is 2.70 bits per heavy atom. The van der Waals surface area contributed by atoms with Gasteiger partial charge in [-0.1, -0.05) is 44.7 Å². The second-order valence-electron chi connectivity index (χ2n) is 5.18. The molecule has 0 amide bonds. The first-order valence-electron chi connectivity index (χ1n) is 7.20. The highest BCUT2D eigenvalue weighted by atomic mass is 35.5. The third-order valence-electron chi connectivity index (χ3n) is 3.64. The summed E-state index contributed by atoms with van der Waals surface area (Å²) in [4.78, 5) is 4.32. The molecule has 0 aliphatic rings. The number of nitrogen functional groups attached to an aromatic ring is 1. The summed E-state index contributed by atoms with van der Waals surface area (Å²) in [5, 5.41) is 0.0859. The van der Waals surface area contributed by atoms with Gasteiger partial charge in [0.15, 0.2) is 0 Å². The van der Waals surface area contributed by atoms with Crippen molar-refractivity contribution in [1.29, 1.82) is 0 Å². The van der Waals surface area contributed by atoms with Crippen LogP contribution in [0.25, 0.3) is 11.0 Å². The third kappa shape index (κ3) is 2.90. The van der Waals surface area contributed by atoms with Gasteiger partial charge in [-0.25, -0.2) is 9.37 Å². The van der Waals surface area contributed by atoms with Crippen LogP contribution in [0.15, 0.2) is 12.1 Å². The van der Waals surface area contributed by atoms with Crippen LogP contribution >= 0.6 is 11.6 Å². The minimum Gasteiger partial charge on any atom is -0.369 e. The standard InChI is InChI=1S/C15H21ClFN3/c1-3-5-7-10(6-4-2)20-14-9-12(17)11(16)8-13(14)19-15(20)18/h8-10H,3-7H2,1-2H3,(H2,18,19). The van der Waals surface area contributed by atoms with E-state index in [1.807, 2.05) is 4.57 Å². The minimum absolute atomic E-state index is 0.0859. The van der Waals surface area contributed by atoms with Crippen molar-refractivity contribution in [2.24, 2.45) is 0 Å². The maximum absolute atomic E-state index is 13.7. The molecule has 1 heterocycles. The van der Waals surface area contributed by atoms with E-state index in [4.69, 9.17) is 17.3 Å². The normalized spacial score (nSPS) is 13.0. The van der Waals surface area contributed by atoms with Gasteiger partial charge in [0, 0.05) is 12.1 Å². The monoisotopic (exact) mass is 297 g/mol. The molecule has 0 saturated heterocycles. The van der Waals surface area contributed by atoms with Crippen molar-refractivity contribution >= 4 is 28.6 Å². The lowest BCUT2D eigenvalue weighted by Crippen LogP contribution is -2.12. The van der Waals surface area contributed by atoms with Crippen molar-refractivity contribution < 1.29 is 4.39 Å². The van der Waals surface area contributed by atoms with E-state index in [1.165, 1.54) is 6.07 Å². The lowest BCUT2D eigenvalue weighted by Gasteiger charge is -2.20. The van der Waals surface area contributed by atoms with Crippen LogP contribution in [0.3, 0.4) is 0 Å². The smallest absolute Gasteiger partial charge is 0.201 e. The van der Waals surface area contributed by atoms with Crippen LogP contribution in [0.2, 0.25) is 5.02 Å². The van der Waals surface area contributed by atoms with Crippen LogP contribution in [0.5, 0.6) is 0 Å². The van der Waals surface area contributed by atoms with Gasteiger partial charge in [0.25, 0.3) is 0 Å². The molecule has 5 heteroatoms. The molecular weight excluding hydrogens is 277 g/mol. The van der Waals surface area contributed by atoms with Gasteiger partial charge >= 0.3 is 0 Å². The predicted octanol–water partition coefficient (Wildman–Crippen LogP) is 4.94. The fourth-order valence-electron chi connectivity index (χ4n) is 2.67. The van der Waals surface area contributed by atoms with E-state index < -0.39 is 5.82 Å². The molecule has 0 spiro atoms. The Balaban J connectivity index is 2.49. The number of anilines is 1. The lowest BCUT2D eigenvalue weighted by molar-refractivity contribution is 0.430. The first-order chi connectivity index (χ1) is 9.58. The zero-order valence-corrected chi connectivity index (χ0v) is 12.8. The average Bonchev–Trinajstić information content (AvgIpc) is 2.71. The zero-order valence-electron chi connectivity index (χ0n) is 12.0. The molecule has 0 fully saturated rings. The Kier molecular flexibility index (Phi) is 4.86. The molecule has 0 aliphatic carbocycles. The van der Waals surface area contributed by atoms with Crippen LogP contribution < -0.4 is 5.73 Å². The Bertz CT molecular complexity index is 594. The van der Waals surface area contributed by atoms with Gasteiger partial charge in [-0.05, 0) is 18.9 Å². The summed E-state index contributed by atoms with van der Waals surface area (Å²) in [6.45, 7) is 4.31. The summed E-state index contributed by atoms with van der Waals surface area (Å²) in [6.07, 6.45) is 5.36. The van der Waals surface area contributed by atoms with Gasteiger partial charge in [0.2, 0.25) is 5.95 Å². The third-order valence-corrected chi connectivity index (χ3v) is 3.93. The highest BCUT2D eigenvalue weighted by Crippen LogP contribution is 2.31. The summed E-state index contributed by atoms with van der Waals surface area (Å²) >= 11 is 5.81. The molecule has 1 aromatic carbocycles.